The number of benzene rings is 2. The molecule has 166 valence electrons. The third-order valence-corrected chi connectivity index (χ3v) is 6.72. The van der Waals surface area contributed by atoms with Crippen LogP contribution in [0.2, 0.25) is 0 Å². The van der Waals surface area contributed by atoms with Crippen LogP contribution in [0.15, 0.2) is 53.6 Å². The molecule has 0 aliphatic carbocycles. The monoisotopic (exact) mass is 480 g/mol. The molecule has 0 saturated carbocycles. The second-order valence-corrected chi connectivity index (χ2v) is 9.28. The molecular formula is C22H16N4O5S2. The first-order valence-corrected chi connectivity index (χ1v) is 11.6. The van der Waals surface area contributed by atoms with Crippen molar-refractivity contribution in [2.45, 2.75) is 4.90 Å². The van der Waals surface area contributed by atoms with Gasteiger partial charge in [0.2, 0.25) is 0 Å². The van der Waals surface area contributed by atoms with Crippen LogP contribution in [-0.4, -0.2) is 35.6 Å². The molecule has 11 heteroatoms. The number of rotatable bonds is 5. The number of hydrogen-bond donors (Lipinski definition) is 2. The molecule has 0 amide bonds. The average Bonchev–Trinajstić information content (AvgIpc) is 3.36. The van der Waals surface area contributed by atoms with Gasteiger partial charge in [0.25, 0.3) is 10.1 Å². The van der Waals surface area contributed by atoms with Crippen molar-refractivity contribution >= 4 is 55.5 Å². The predicted octanol–water partition coefficient (Wildman–Crippen LogP) is 3.74. The lowest BCUT2D eigenvalue weighted by Crippen LogP contribution is -2.12. The molecule has 0 fully saturated rings. The lowest BCUT2D eigenvalue weighted by molar-refractivity contribution is 0.0593. The maximum Gasteiger partial charge on any atom is 0.357 e. The van der Waals surface area contributed by atoms with Crippen molar-refractivity contribution in [2.75, 3.05) is 12.8 Å². The Bertz CT molecular complexity index is 1540. The van der Waals surface area contributed by atoms with Gasteiger partial charge in [-0.2, -0.15) is 13.7 Å². The number of nitrogens with zero attached hydrogens (tertiary/aromatic N) is 3. The molecule has 0 spiro atoms. The van der Waals surface area contributed by atoms with Crippen LogP contribution in [0.1, 0.15) is 26.6 Å². The first kappa shape index (κ1) is 22.2. The standard InChI is InChI=1S/C22H16N4O5S2/c1-31-22(27)21-20(24)14(11-23)12-26(21)15-8-6-13(18(10-15)33(28,29)30)7-9-19-25-16-4-2-3-5-17(16)32-19/h2-10,12H,24H2,1H3,(H,28,29,30). The summed E-state index contributed by atoms with van der Waals surface area (Å²) in [6, 6.07) is 13.6. The molecule has 0 atom stereocenters. The largest absolute Gasteiger partial charge is 0.464 e. The summed E-state index contributed by atoms with van der Waals surface area (Å²) in [6.07, 6.45) is 4.47. The van der Waals surface area contributed by atoms with E-state index in [1.165, 1.54) is 46.4 Å². The maximum absolute atomic E-state index is 12.2. The predicted molar refractivity (Wildman–Crippen MR) is 125 cm³/mol. The number of aromatic nitrogens is 2. The number of hydrogen-bond acceptors (Lipinski definition) is 8. The van der Waals surface area contributed by atoms with Crippen LogP contribution in [0.4, 0.5) is 5.69 Å². The minimum absolute atomic E-state index is 0.0172. The van der Waals surface area contributed by atoms with Gasteiger partial charge in [-0.3, -0.25) is 4.55 Å². The summed E-state index contributed by atoms with van der Waals surface area (Å²) in [5.74, 6) is -0.804. The highest BCUT2D eigenvalue weighted by atomic mass is 32.2. The first-order valence-electron chi connectivity index (χ1n) is 9.37. The van der Waals surface area contributed by atoms with Gasteiger partial charge in [0.05, 0.1) is 28.6 Å². The van der Waals surface area contributed by atoms with Gasteiger partial charge in [0, 0.05) is 11.9 Å². The molecule has 0 radical (unpaired) electrons. The number of nitriles is 1. The topological polar surface area (TPSA) is 148 Å². The fraction of sp³-hybridized carbons (Fsp3) is 0.0455. The van der Waals surface area contributed by atoms with Crippen molar-refractivity contribution in [2.24, 2.45) is 0 Å². The minimum Gasteiger partial charge on any atom is -0.464 e. The Morgan fingerprint density at radius 3 is 2.70 bits per heavy atom. The zero-order chi connectivity index (χ0) is 23.8. The number of anilines is 1. The Morgan fingerprint density at radius 2 is 2.03 bits per heavy atom. The summed E-state index contributed by atoms with van der Waals surface area (Å²) < 4.78 is 41.0. The van der Waals surface area contributed by atoms with E-state index in [-0.39, 0.29) is 33.1 Å². The highest BCUT2D eigenvalue weighted by molar-refractivity contribution is 7.86. The number of ether oxygens (including phenoxy) is 1. The van der Waals surface area contributed by atoms with Crippen LogP contribution < -0.4 is 5.73 Å². The summed E-state index contributed by atoms with van der Waals surface area (Å²) >= 11 is 1.43. The van der Waals surface area contributed by atoms with E-state index in [0.29, 0.717) is 5.01 Å². The number of methoxy groups -OCH3 is 1. The second kappa shape index (κ2) is 8.51. The summed E-state index contributed by atoms with van der Waals surface area (Å²) in [6.45, 7) is 0. The molecule has 4 rings (SSSR count). The van der Waals surface area contributed by atoms with E-state index < -0.39 is 16.1 Å². The molecule has 9 nitrogen and oxygen atoms in total. The molecule has 2 heterocycles. The Labute approximate surface area is 192 Å². The lowest BCUT2D eigenvalue weighted by atomic mass is 10.2. The van der Waals surface area contributed by atoms with Gasteiger partial charge in [0.1, 0.15) is 16.0 Å². The normalized spacial score (nSPS) is 11.7. The highest BCUT2D eigenvalue weighted by Gasteiger charge is 2.23. The van der Waals surface area contributed by atoms with E-state index in [4.69, 9.17) is 10.5 Å². The van der Waals surface area contributed by atoms with Gasteiger partial charge < -0.3 is 15.0 Å². The zero-order valence-corrected chi connectivity index (χ0v) is 18.7. The number of para-hydroxylation sites is 1. The Hall–Kier alpha value is -3.98. The quantitative estimate of drug-likeness (QED) is 0.324. The molecule has 0 aliphatic heterocycles. The highest BCUT2D eigenvalue weighted by Crippen LogP contribution is 2.29. The maximum atomic E-state index is 12.2. The third-order valence-electron chi connectivity index (χ3n) is 4.81. The van der Waals surface area contributed by atoms with Crippen molar-refractivity contribution in [3.8, 4) is 11.8 Å². The van der Waals surface area contributed by atoms with E-state index in [2.05, 4.69) is 4.98 Å². The van der Waals surface area contributed by atoms with Gasteiger partial charge in [-0.15, -0.1) is 11.3 Å². The lowest BCUT2D eigenvalue weighted by Gasteiger charge is -2.11. The van der Waals surface area contributed by atoms with E-state index in [9.17, 15) is 23.0 Å². The van der Waals surface area contributed by atoms with Gasteiger partial charge in [-0.1, -0.05) is 24.3 Å². The molecule has 0 bridgehead atoms. The van der Waals surface area contributed by atoms with Crippen molar-refractivity contribution < 1.29 is 22.5 Å². The number of carbonyl (C=O) groups is 1. The van der Waals surface area contributed by atoms with Crippen molar-refractivity contribution in [1.29, 1.82) is 5.26 Å². The van der Waals surface area contributed by atoms with Gasteiger partial charge >= 0.3 is 5.97 Å². The second-order valence-electron chi connectivity index (χ2n) is 6.83. The van der Waals surface area contributed by atoms with E-state index in [1.807, 2.05) is 30.3 Å². The summed E-state index contributed by atoms with van der Waals surface area (Å²) in [5.41, 5.74) is 6.90. The number of esters is 1. The molecule has 33 heavy (non-hydrogen) atoms. The molecule has 0 saturated heterocycles. The summed E-state index contributed by atoms with van der Waals surface area (Å²) in [4.78, 5) is 16.3. The SMILES string of the molecule is COC(=O)c1c(N)c(C#N)cn1-c1ccc(C=Cc2nc3ccccc3s2)c(S(=O)(=O)O)c1. The van der Waals surface area contributed by atoms with Crippen molar-refractivity contribution in [1.82, 2.24) is 9.55 Å². The molecule has 2 aromatic heterocycles. The molecule has 2 aromatic carbocycles. The third kappa shape index (κ3) is 4.22. The molecule has 3 N–H and O–H groups in total. The van der Waals surface area contributed by atoms with Crippen LogP contribution in [0.3, 0.4) is 0 Å². The average molecular weight is 481 g/mol. The van der Waals surface area contributed by atoms with Gasteiger partial charge in [0.15, 0.2) is 5.69 Å². The Kier molecular flexibility index (Phi) is 5.73. The van der Waals surface area contributed by atoms with Gasteiger partial charge in [-0.05, 0) is 35.9 Å². The van der Waals surface area contributed by atoms with E-state index >= 15 is 0 Å². The first-order chi connectivity index (χ1) is 15.7. The van der Waals surface area contributed by atoms with Crippen LogP contribution in [-0.2, 0) is 14.9 Å². The number of thiazole rings is 1. The number of fused-ring (bicyclic) bond motifs is 1. The molecular weight excluding hydrogens is 464 g/mol. The number of nitrogen functional groups attached to an aromatic ring is 1. The van der Waals surface area contributed by atoms with E-state index in [0.717, 1.165) is 17.3 Å². The fourth-order valence-corrected chi connectivity index (χ4v) is 4.85. The van der Waals surface area contributed by atoms with Crippen molar-refractivity contribution in [3.63, 3.8) is 0 Å². The Balaban J connectivity index is 1.82. The van der Waals surface area contributed by atoms with Crippen LogP contribution >= 0.6 is 11.3 Å². The molecule has 0 unspecified atom stereocenters. The summed E-state index contributed by atoms with van der Waals surface area (Å²) in [7, 11) is -3.48. The van der Waals surface area contributed by atoms with Crippen LogP contribution in [0, 0.1) is 11.3 Å². The van der Waals surface area contributed by atoms with Gasteiger partial charge in [-0.25, -0.2) is 9.78 Å². The smallest absolute Gasteiger partial charge is 0.357 e. The summed E-state index contributed by atoms with van der Waals surface area (Å²) in [5, 5.41) is 9.93. The number of nitrogens with two attached hydrogens (primary N) is 1. The number of carbonyl (C=O) groups excluding carboxylic acids is 1. The Morgan fingerprint density at radius 1 is 1.27 bits per heavy atom. The molecule has 4 aromatic rings. The van der Waals surface area contributed by atoms with Crippen molar-refractivity contribution in [3.05, 3.63) is 70.5 Å². The van der Waals surface area contributed by atoms with Crippen LogP contribution in [0.25, 0.3) is 28.1 Å². The fourth-order valence-electron chi connectivity index (χ4n) is 3.27. The van der Waals surface area contributed by atoms with Crippen LogP contribution in [0.5, 0.6) is 0 Å². The molecule has 0 aliphatic rings. The van der Waals surface area contributed by atoms with E-state index in [1.54, 1.807) is 6.08 Å². The zero-order valence-electron chi connectivity index (χ0n) is 17.1. The minimum atomic E-state index is -4.63.